The van der Waals surface area contributed by atoms with Crippen LogP contribution in [0.25, 0.3) is 6.08 Å². The molecule has 0 radical (unpaired) electrons. The number of hydrogen-bond acceptors (Lipinski definition) is 4. The zero-order valence-corrected chi connectivity index (χ0v) is 27.2. The van der Waals surface area contributed by atoms with Gasteiger partial charge in [-0.15, -0.1) is 11.8 Å². The third-order valence-electron chi connectivity index (χ3n) is 6.64. The van der Waals surface area contributed by atoms with Crippen LogP contribution in [0.3, 0.4) is 0 Å². The smallest absolute Gasteiger partial charge is 0.272 e. The standard InChI is InChI=1S/C36H26BrClFN3O3S/c37-25-14-16-26(17-15-25)41-36(45)33(23-8-3-1-4-9-23)46-28-20-18-27(19-21-28)40-35(44)32(22-29-30(38)12-7-13-31(29)39)42-34(43)24-10-5-2-6-11-24/h1-22,33H,(H,40,44)(H,41,45)(H,42,43)/b32-22-. The number of carbonyl (C=O) groups excluding carboxylic acids is 3. The maximum absolute atomic E-state index is 14.6. The summed E-state index contributed by atoms with van der Waals surface area (Å²) in [6, 6.07) is 36.2. The largest absolute Gasteiger partial charge is 0.325 e. The van der Waals surface area contributed by atoms with Crippen LogP contribution >= 0.6 is 39.3 Å². The number of rotatable bonds is 10. The Kier molecular flexibility index (Phi) is 11.0. The molecule has 230 valence electrons. The predicted octanol–water partition coefficient (Wildman–Crippen LogP) is 9.12. The fraction of sp³-hybridized carbons (Fsp3) is 0.0278. The van der Waals surface area contributed by atoms with E-state index in [1.54, 1.807) is 54.6 Å². The second-order valence-electron chi connectivity index (χ2n) is 9.90. The van der Waals surface area contributed by atoms with E-state index in [0.717, 1.165) is 14.9 Å². The first-order valence-corrected chi connectivity index (χ1v) is 16.0. The van der Waals surface area contributed by atoms with Crippen molar-refractivity contribution in [1.82, 2.24) is 5.32 Å². The van der Waals surface area contributed by atoms with E-state index in [1.807, 2.05) is 54.6 Å². The van der Waals surface area contributed by atoms with Gasteiger partial charge in [0, 0.05) is 31.9 Å². The lowest BCUT2D eigenvalue weighted by Gasteiger charge is -2.17. The number of carbonyl (C=O) groups is 3. The number of nitrogens with one attached hydrogen (secondary N) is 3. The normalized spacial score (nSPS) is 11.8. The zero-order chi connectivity index (χ0) is 32.5. The molecular formula is C36H26BrClFN3O3S. The Morgan fingerprint density at radius 3 is 2.00 bits per heavy atom. The van der Waals surface area contributed by atoms with E-state index < -0.39 is 22.9 Å². The molecule has 0 fully saturated rings. The zero-order valence-electron chi connectivity index (χ0n) is 24.0. The Hall–Kier alpha value is -4.70. The van der Waals surface area contributed by atoms with Crippen molar-refractivity contribution in [2.24, 2.45) is 0 Å². The molecule has 6 nitrogen and oxygen atoms in total. The SMILES string of the molecule is O=C(Nc1ccc(SC(C(=O)Nc2ccc(Br)cc2)c2ccccc2)cc1)/C(=C/c1c(F)cccc1Cl)NC(=O)c1ccccc1. The third-order valence-corrected chi connectivity index (χ3v) is 8.76. The monoisotopic (exact) mass is 713 g/mol. The van der Waals surface area contributed by atoms with Crippen molar-refractivity contribution in [3.8, 4) is 0 Å². The van der Waals surface area contributed by atoms with Crippen molar-refractivity contribution >= 4 is 74.5 Å². The molecular weight excluding hydrogens is 689 g/mol. The molecule has 3 N–H and O–H groups in total. The average Bonchev–Trinajstić information content (AvgIpc) is 3.07. The van der Waals surface area contributed by atoms with Crippen LogP contribution in [0, 0.1) is 5.82 Å². The summed E-state index contributed by atoms with van der Waals surface area (Å²) in [6.07, 6.45) is 1.20. The van der Waals surface area contributed by atoms with E-state index >= 15 is 0 Å². The number of hydrogen-bond donors (Lipinski definition) is 3. The van der Waals surface area contributed by atoms with Crippen LogP contribution in [0.15, 0.2) is 142 Å². The topological polar surface area (TPSA) is 87.3 Å². The van der Waals surface area contributed by atoms with Gasteiger partial charge in [0.2, 0.25) is 5.91 Å². The molecule has 1 unspecified atom stereocenters. The molecule has 1 atom stereocenters. The van der Waals surface area contributed by atoms with E-state index in [-0.39, 0.29) is 22.2 Å². The molecule has 10 heteroatoms. The summed E-state index contributed by atoms with van der Waals surface area (Å²) in [7, 11) is 0. The van der Waals surface area contributed by atoms with E-state index in [4.69, 9.17) is 11.6 Å². The molecule has 0 saturated carbocycles. The van der Waals surface area contributed by atoms with Crippen molar-refractivity contribution in [2.75, 3.05) is 10.6 Å². The minimum atomic E-state index is -0.681. The lowest BCUT2D eigenvalue weighted by atomic mass is 10.1. The Bertz CT molecular complexity index is 1850. The fourth-order valence-corrected chi connectivity index (χ4v) is 5.83. The van der Waals surface area contributed by atoms with E-state index in [9.17, 15) is 18.8 Å². The molecule has 3 amide bonds. The summed E-state index contributed by atoms with van der Waals surface area (Å²) < 4.78 is 15.5. The maximum atomic E-state index is 14.6. The highest BCUT2D eigenvalue weighted by molar-refractivity contribution is 9.10. The van der Waals surface area contributed by atoms with Crippen molar-refractivity contribution in [3.63, 3.8) is 0 Å². The molecule has 0 aromatic heterocycles. The van der Waals surface area contributed by atoms with Crippen LogP contribution in [0.4, 0.5) is 15.8 Å². The van der Waals surface area contributed by atoms with Gasteiger partial charge in [-0.05, 0) is 84.4 Å². The lowest BCUT2D eigenvalue weighted by molar-refractivity contribution is -0.116. The first-order chi connectivity index (χ1) is 22.3. The highest BCUT2D eigenvalue weighted by Gasteiger charge is 2.23. The van der Waals surface area contributed by atoms with Gasteiger partial charge in [0.1, 0.15) is 16.8 Å². The molecule has 0 heterocycles. The summed E-state index contributed by atoms with van der Waals surface area (Å²) in [5.74, 6) is -2.06. The second-order valence-corrected chi connectivity index (χ2v) is 12.4. The molecule has 5 aromatic carbocycles. The molecule has 0 spiro atoms. The quantitative estimate of drug-likeness (QED) is 0.0995. The molecule has 0 bridgehead atoms. The van der Waals surface area contributed by atoms with Gasteiger partial charge < -0.3 is 16.0 Å². The van der Waals surface area contributed by atoms with Gasteiger partial charge in [0.05, 0.1) is 5.02 Å². The highest BCUT2D eigenvalue weighted by atomic mass is 79.9. The van der Waals surface area contributed by atoms with Gasteiger partial charge in [-0.2, -0.15) is 0 Å². The van der Waals surface area contributed by atoms with Gasteiger partial charge in [0.15, 0.2) is 0 Å². The molecule has 46 heavy (non-hydrogen) atoms. The number of thioether (sulfide) groups is 1. The third kappa shape index (κ3) is 8.72. The van der Waals surface area contributed by atoms with Crippen LogP contribution in [0.1, 0.15) is 26.7 Å². The fourth-order valence-electron chi connectivity index (χ4n) is 4.33. The van der Waals surface area contributed by atoms with Crippen molar-refractivity contribution in [2.45, 2.75) is 10.1 Å². The maximum Gasteiger partial charge on any atom is 0.272 e. The van der Waals surface area contributed by atoms with E-state index in [1.165, 1.54) is 36.0 Å². The summed E-state index contributed by atoms with van der Waals surface area (Å²) >= 11 is 11.0. The molecule has 5 aromatic rings. The first-order valence-electron chi connectivity index (χ1n) is 14.0. The summed E-state index contributed by atoms with van der Waals surface area (Å²) in [4.78, 5) is 40.5. The molecule has 0 saturated heterocycles. The highest BCUT2D eigenvalue weighted by Crippen LogP contribution is 2.37. The van der Waals surface area contributed by atoms with Crippen LogP contribution < -0.4 is 16.0 Å². The van der Waals surface area contributed by atoms with Crippen molar-refractivity contribution in [3.05, 3.63) is 165 Å². The summed E-state index contributed by atoms with van der Waals surface area (Å²) in [5, 5.41) is 7.83. The van der Waals surface area contributed by atoms with Gasteiger partial charge in [0.25, 0.3) is 11.8 Å². The minimum Gasteiger partial charge on any atom is -0.325 e. The van der Waals surface area contributed by atoms with Crippen molar-refractivity contribution in [1.29, 1.82) is 0 Å². The van der Waals surface area contributed by atoms with Gasteiger partial charge in [-0.3, -0.25) is 14.4 Å². The average molecular weight is 715 g/mol. The Morgan fingerprint density at radius 2 is 1.35 bits per heavy atom. The molecule has 5 rings (SSSR count). The Labute approximate surface area is 283 Å². The molecule has 0 aliphatic carbocycles. The summed E-state index contributed by atoms with van der Waals surface area (Å²) in [6.45, 7) is 0. The molecule has 0 aliphatic rings. The van der Waals surface area contributed by atoms with Crippen LogP contribution in [-0.4, -0.2) is 17.7 Å². The first kappa shape index (κ1) is 32.7. The van der Waals surface area contributed by atoms with Crippen LogP contribution in [0.5, 0.6) is 0 Å². The summed E-state index contributed by atoms with van der Waals surface area (Å²) in [5.41, 5.74) is 2.00. The van der Waals surface area contributed by atoms with Gasteiger partial charge in [-0.1, -0.05) is 82.1 Å². The second kappa shape index (κ2) is 15.5. The number of halogens is 3. The van der Waals surface area contributed by atoms with E-state index in [0.29, 0.717) is 16.9 Å². The minimum absolute atomic E-state index is 0.0391. The van der Waals surface area contributed by atoms with Gasteiger partial charge in [-0.25, -0.2) is 4.39 Å². The van der Waals surface area contributed by atoms with Crippen LogP contribution in [0.2, 0.25) is 5.02 Å². The van der Waals surface area contributed by atoms with Gasteiger partial charge >= 0.3 is 0 Å². The lowest BCUT2D eigenvalue weighted by Crippen LogP contribution is -2.30. The Morgan fingerprint density at radius 1 is 0.739 bits per heavy atom. The van der Waals surface area contributed by atoms with Crippen molar-refractivity contribution < 1.29 is 18.8 Å². The van der Waals surface area contributed by atoms with Crippen LogP contribution in [-0.2, 0) is 9.59 Å². The number of amides is 3. The number of benzene rings is 5. The Balaban J connectivity index is 1.34. The van der Waals surface area contributed by atoms with E-state index in [2.05, 4.69) is 31.9 Å². The molecule has 0 aliphatic heterocycles. The number of anilines is 2. The predicted molar refractivity (Wildman–Crippen MR) is 186 cm³/mol.